The molecule has 9 nitrogen and oxygen atoms in total. The van der Waals surface area contributed by atoms with Crippen molar-refractivity contribution in [1.29, 1.82) is 0 Å². The summed E-state index contributed by atoms with van der Waals surface area (Å²) < 4.78 is 13.8. The van der Waals surface area contributed by atoms with Crippen LogP contribution in [-0.4, -0.2) is 57.0 Å². The second-order valence-corrected chi connectivity index (χ2v) is 9.33. The first-order valence-corrected chi connectivity index (χ1v) is 11.8. The molecule has 1 aromatic heterocycles. The number of aryl methyl sites for hydroxylation is 2. The molecule has 35 heavy (non-hydrogen) atoms. The first-order valence-electron chi connectivity index (χ1n) is 11.8. The number of aromatic nitrogens is 3. The Balaban J connectivity index is 1.16. The minimum atomic E-state index is -0.484. The zero-order chi connectivity index (χ0) is 24.4. The third-order valence-corrected chi connectivity index (χ3v) is 6.59. The first kappa shape index (κ1) is 23.0. The van der Waals surface area contributed by atoms with Crippen LogP contribution in [0.5, 0.6) is 5.75 Å². The van der Waals surface area contributed by atoms with Crippen molar-refractivity contribution in [3.63, 3.8) is 0 Å². The van der Waals surface area contributed by atoms with Crippen LogP contribution < -0.4 is 10.1 Å². The summed E-state index contributed by atoms with van der Waals surface area (Å²) in [6.07, 6.45) is 0.724. The average molecular weight is 476 g/mol. The van der Waals surface area contributed by atoms with Gasteiger partial charge in [-0.3, -0.25) is 9.59 Å². The molecule has 0 bridgehead atoms. The van der Waals surface area contributed by atoms with Crippen molar-refractivity contribution in [2.24, 2.45) is 0 Å². The number of hydrogen-bond donors (Lipinski definition) is 1. The van der Waals surface area contributed by atoms with Gasteiger partial charge >= 0.3 is 0 Å². The third kappa shape index (κ3) is 5.05. The van der Waals surface area contributed by atoms with E-state index in [9.17, 15) is 9.59 Å². The lowest BCUT2D eigenvalue weighted by Gasteiger charge is -2.33. The Kier molecular flexibility index (Phi) is 6.25. The van der Waals surface area contributed by atoms with Gasteiger partial charge in [-0.15, -0.1) is 5.10 Å². The van der Waals surface area contributed by atoms with E-state index in [1.54, 1.807) is 11.0 Å². The van der Waals surface area contributed by atoms with E-state index in [1.165, 1.54) is 0 Å². The molecule has 2 aliphatic rings. The SMILES string of the molecule is Cc1cccc(OCC(=O)N2CCC3(C2)Cn2nnc(CNC(=O)c4cccc(C)c4)c2CO3)c1. The summed E-state index contributed by atoms with van der Waals surface area (Å²) in [4.78, 5) is 27.0. The van der Waals surface area contributed by atoms with Crippen LogP contribution >= 0.6 is 0 Å². The maximum absolute atomic E-state index is 12.7. The van der Waals surface area contributed by atoms with E-state index in [2.05, 4.69) is 15.6 Å². The van der Waals surface area contributed by atoms with E-state index in [1.807, 2.05) is 61.0 Å². The lowest BCUT2D eigenvalue weighted by atomic mass is 10.0. The van der Waals surface area contributed by atoms with E-state index in [4.69, 9.17) is 9.47 Å². The van der Waals surface area contributed by atoms with Gasteiger partial charge in [0.25, 0.3) is 11.8 Å². The molecular weight excluding hydrogens is 446 g/mol. The number of likely N-dealkylation sites (tertiary alicyclic amines) is 1. The Bertz CT molecular complexity index is 1260. The van der Waals surface area contributed by atoms with E-state index < -0.39 is 5.60 Å². The number of amides is 2. The zero-order valence-corrected chi connectivity index (χ0v) is 20.0. The maximum atomic E-state index is 12.7. The monoisotopic (exact) mass is 475 g/mol. The number of nitrogens with one attached hydrogen (secondary N) is 1. The Hall–Kier alpha value is -3.72. The molecule has 2 aromatic carbocycles. The van der Waals surface area contributed by atoms with E-state index in [-0.39, 0.29) is 25.0 Å². The van der Waals surface area contributed by atoms with E-state index in [0.29, 0.717) is 43.2 Å². The molecule has 182 valence electrons. The van der Waals surface area contributed by atoms with Gasteiger partial charge in [-0.2, -0.15) is 0 Å². The molecular formula is C26H29N5O4. The molecule has 1 atom stereocenters. The van der Waals surface area contributed by atoms with Crippen LogP contribution in [0.2, 0.25) is 0 Å². The molecule has 2 aliphatic heterocycles. The first-order chi connectivity index (χ1) is 16.9. The van der Waals surface area contributed by atoms with Gasteiger partial charge in [0.1, 0.15) is 17.0 Å². The standard InChI is InChI=1S/C26H29N5O4/c1-18-5-3-7-20(11-18)25(33)27-13-22-23-14-35-26(17-31(23)29-28-22)9-10-30(16-26)24(32)15-34-21-8-4-6-19(2)12-21/h3-8,11-12H,9-10,13-17H2,1-2H3,(H,27,33). The molecule has 0 radical (unpaired) electrons. The topological polar surface area (TPSA) is 98.6 Å². The molecule has 9 heteroatoms. The third-order valence-electron chi connectivity index (χ3n) is 6.59. The van der Waals surface area contributed by atoms with Crippen LogP contribution in [0.15, 0.2) is 48.5 Å². The molecule has 0 saturated carbocycles. The fourth-order valence-corrected chi connectivity index (χ4v) is 4.63. The molecule has 2 amide bonds. The predicted molar refractivity (Wildman–Crippen MR) is 128 cm³/mol. The van der Waals surface area contributed by atoms with Crippen LogP contribution in [0.1, 0.15) is 39.3 Å². The summed E-state index contributed by atoms with van der Waals surface area (Å²) in [6, 6.07) is 15.1. The van der Waals surface area contributed by atoms with Crippen LogP contribution in [0.4, 0.5) is 0 Å². The predicted octanol–water partition coefficient (Wildman–Crippen LogP) is 2.41. The summed E-state index contributed by atoms with van der Waals surface area (Å²) in [5.74, 6) is 0.479. The molecule has 1 N–H and O–H groups in total. The number of benzene rings is 2. The smallest absolute Gasteiger partial charge is 0.260 e. The number of rotatable bonds is 6. The van der Waals surface area contributed by atoms with Gasteiger partial charge in [0.2, 0.25) is 0 Å². The van der Waals surface area contributed by atoms with Gasteiger partial charge < -0.3 is 19.7 Å². The highest BCUT2D eigenvalue weighted by atomic mass is 16.5. The van der Waals surface area contributed by atoms with Crippen molar-refractivity contribution in [3.8, 4) is 5.75 Å². The average Bonchev–Trinajstić information content (AvgIpc) is 3.45. The molecule has 0 aliphatic carbocycles. The molecule has 1 fully saturated rings. The van der Waals surface area contributed by atoms with Gasteiger partial charge in [-0.25, -0.2) is 4.68 Å². The maximum Gasteiger partial charge on any atom is 0.260 e. The van der Waals surface area contributed by atoms with Gasteiger partial charge in [-0.05, 0) is 50.1 Å². The fraction of sp³-hybridized carbons (Fsp3) is 0.385. The van der Waals surface area contributed by atoms with Gasteiger partial charge in [0.15, 0.2) is 6.61 Å². The fourth-order valence-electron chi connectivity index (χ4n) is 4.63. The van der Waals surface area contributed by atoms with Crippen molar-refractivity contribution < 1.29 is 19.1 Å². The number of ether oxygens (including phenoxy) is 2. The lowest BCUT2D eigenvalue weighted by Crippen LogP contribution is -2.46. The summed E-state index contributed by atoms with van der Waals surface area (Å²) in [5.41, 5.74) is 3.79. The minimum Gasteiger partial charge on any atom is -0.484 e. The second kappa shape index (κ2) is 9.50. The van der Waals surface area contributed by atoms with E-state index >= 15 is 0 Å². The lowest BCUT2D eigenvalue weighted by molar-refractivity contribution is -0.135. The minimum absolute atomic E-state index is 0.00110. The van der Waals surface area contributed by atoms with Crippen LogP contribution in [-0.2, 0) is 29.2 Å². The second-order valence-electron chi connectivity index (χ2n) is 9.33. The van der Waals surface area contributed by atoms with Crippen LogP contribution in [0.25, 0.3) is 0 Å². The number of fused-ring (bicyclic) bond motifs is 1. The van der Waals surface area contributed by atoms with Gasteiger partial charge in [0.05, 0.1) is 31.9 Å². The summed E-state index contributed by atoms with van der Waals surface area (Å²) in [5, 5.41) is 11.5. The number of carbonyl (C=O) groups excluding carboxylic acids is 2. The van der Waals surface area contributed by atoms with E-state index in [0.717, 1.165) is 23.2 Å². The number of hydrogen-bond acceptors (Lipinski definition) is 6. The van der Waals surface area contributed by atoms with Gasteiger partial charge in [0, 0.05) is 12.1 Å². The molecule has 3 aromatic rings. The van der Waals surface area contributed by atoms with Crippen molar-refractivity contribution >= 4 is 11.8 Å². The summed E-state index contributed by atoms with van der Waals surface area (Å²) in [6.45, 7) is 6.17. The van der Waals surface area contributed by atoms with Crippen LogP contribution in [0.3, 0.4) is 0 Å². The number of nitrogens with zero attached hydrogens (tertiary/aromatic N) is 4. The molecule has 5 rings (SSSR count). The van der Waals surface area contributed by atoms with Crippen LogP contribution in [0, 0.1) is 13.8 Å². The van der Waals surface area contributed by atoms with Gasteiger partial charge in [-0.1, -0.05) is 35.0 Å². The van der Waals surface area contributed by atoms with Crippen molar-refractivity contribution in [2.45, 2.75) is 45.6 Å². The largest absolute Gasteiger partial charge is 0.484 e. The van der Waals surface area contributed by atoms with Crippen molar-refractivity contribution in [1.82, 2.24) is 25.2 Å². The molecule has 1 unspecified atom stereocenters. The molecule has 1 saturated heterocycles. The van der Waals surface area contributed by atoms with Crippen molar-refractivity contribution in [2.75, 3.05) is 19.7 Å². The highest BCUT2D eigenvalue weighted by molar-refractivity contribution is 5.94. The zero-order valence-electron chi connectivity index (χ0n) is 20.0. The Morgan fingerprint density at radius 1 is 1.11 bits per heavy atom. The Morgan fingerprint density at radius 2 is 1.91 bits per heavy atom. The Labute approximate surface area is 204 Å². The summed E-state index contributed by atoms with van der Waals surface area (Å²) >= 11 is 0. The molecule has 1 spiro atoms. The highest BCUT2D eigenvalue weighted by Gasteiger charge is 2.44. The quantitative estimate of drug-likeness (QED) is 0.588. The number of carbonyl (C=O) groups is 2. The normalized spacial score (nSPS) is 19.0. The molecule has 3 heterocycles. The summed E-state index contributed by atoms with van der Waals surface area (Å²) in [7, 11) is 0. The highest BCUT2D eigenvalue weighted by Crippen LogP contribution is 2.32. The van der Waals surface area contributed by atoms with Crippen molar-refractivity contribution in [3.05, 3.63) is 76.6 Å². The Morgan fingerprint density at radius 3 is 2.71 bits per heavy atom.